The molecule has 0 fully saturated rings. The van der Waals surface area contributed by atoms with Crippen LogP contribution in [0, 0.1) is 0 Å². The second-order valence-electron chi connectivity index (χ2n) is 16.3. The summed E-state index contributed by atoms with van der Waals surface area (Å²) in [5.74, 6) is 1.73. The van der Waals surface area contributed by atoms with Crippen molar-refractivity contribution >= 4 is 107 Å². The number of nitrogens with zero attached hydrogens (tertiary/aromatic N) is 3. The van der Waals surface area contributed by atoms with E-state index in [0.717, 1.165) is 66.1 Å². The molecule has 298 valence electrons. The third-order valence-electron chi connectivity index (χ3n) is 12.6. The monoisotopic (exact) mass is 853 g/mol. The fraction of sp³-hybridized carbons (Fsp3) is 0. The van der Waals surface area contributed by atoms with Crippen molar-refractivity contribution in [1.82, 2.24) is 15.0 Å². The maximum atomic E-state index is 6.59. The highest BCUT2D eigenvalue weighted by Crippen LogP contribution is 2.45. The van der Waals surface area contributed by atoms with Gasteiger partial charge in [0.1, 0.15) is 22.3 Å². The zero-order valence-corrected chi connectivity index (χ0v) is 35.5. The van der Waals surface area contributed by atoms with Crippen molar-refractivity contribution in [2.45, 2.75) is 0 Å². The Morgan fingerprint density at radius 2 is 0.875 bits per heavy atom. The molecule has 0 atom stereocenters. The van der Waals surface area contributed by atoms with Gasteiger partial charge in [0, 0.05) is 78.6 Å². The lowest BCUT2D eigenvalue weighted by molar-refractivity contribution is 0.668. The van der Waals surface area contributed by atoms with Crippen molar-refractivity contribution in [3.8, 4) is 56.4 Å². The zero-order chi connectivity index (χ0) is 41.9. The van der Waals surface area contributed by atoms with E-state index < -0.39 is 0 Å². The van der Waals surface area contributed by atoms with Gasteiger partial charge in [-0.2, -0.15) is 0 Å². The predicted octanol–water partition coefficient (Wildman–Crippen LogP) is 16.7. The minimum absolute atomic E-state index is 0.566. The highest BCUT2D eigenvalue weighted by Gasteiger charge is 2.20. The van der Waals surface area contributed by atoms with Crippen LogP contribution in [0.3, 0.4) is 0 Å². The Hall–Kier alpha value is -7.97. The lowest BCUT2D eigenvalue weighted by Crippen LogP contribution is -2.00. The van der Waals surface area contributed by atoms with Gasteiger partial charge in [-0.25, -0.2) is 15.0 Å². The molecule has 0 aliphatic carbocycles. The molecule has 0 aliphatic heterocycles. The topological polar surface area (TPSA) is 65.0 Å². The minimum atomic E-state index is 0.566. The molecule has 0 aliphatic rings. The number of fused-ring (bicyclic) bond motifs is 12. The number of aromatic nitrogens is 3. The number of rotatable bonds is 5. The van der Waals surface area contributed by atoms with E-state index in [1.807, 2.05) is 89.4 Å². The number of hydrogen-bond donors (Lipinski definition) is 0. The van der Waals surface area contributed by atoms with E-state index in [0.29, 0.717) is 17.5 Å². The summed E-state index contributed by atoms with van der Waals surface area (Å²) < 4.78 is 18.0. The van der Waals surface area contributed by atoms with Crippen LogP contribution in [0.5, 0.6) is 0 Å². The molecular formula is C57H31N3O2S2. The molecule has 0 saturated carbocycles. The van der Waals surface area contributed by atoms with Crippen LogP contribution in [-0.2, 0) is 0 Å². The van der Waals surface area contributed by atoms with Gasteiger partial charge in [0.2, 0.25) is 0 Å². The second-order valence-corrected chi connectivity index (χ2v) is 18.4. The van der Waals surface area contributed by atoms with E-state index in [-0.39, 0.29) is 0 Å². The van der Waals surface area contributed by atoms with Crippen LogP contribution in [0.25, 0.3) is 141 Å². The minimum Gasteiger partial charge on any atom is -0.456 e. The van der Waals surface area contributed by atoms with Crippen molar-refractivity contribution < 1.29 is 8.83 Å². The third kappa shape index (κ3) is 5.51. The van der Waals surface area contributed by atoms with E-state index in [1.165, 1.54) is 57.0 Å². The highest BCUT2D eigenvalue weighted by molar-refractivity contribution is 7.26. The SMILES string of the molecule is c1ccc(-c2nc(-c3ccc4c(c3)oc3ccccc34)nc(-c3cccc4oc5ccc(-c6cccc7sc8ccc(-c9ccc%10c(c9)sc9ccccc9%10)cc8c67)cc5c34)n2)cc1. The molecule has 0 unspecified atom stereocenters. The lowest BCUT2D eigenvalue weighted by atomic mass is 9.95. The molecule has 14 aromatic rings. The molecule has 14 rings (SSSR count). The Morgan fingerprint density at radius 1 is 0.281 bits per heavy atom. The summed E-state index contributed by atoms with van der Waals surface area (Å²) >= 11 is 3.70. The summed E-state index contributed by atoms with van der Waals surface area (Å²) in [5.41, 5.74) is 10.6. The van der Waals surface area contributed by atoms with Crippen LogP contribution in [0.4, 0.5) is 0 Å². The summed E-state index contributed by atoms with van der Waals surface area (Å²) in [6.45, 7) is 0. The predicted molar refractivity (Wildman–Crippen MR) is 267 cm³/mol. The second kappa shape index (κ2) is 13.8. The molecule has 0 spiro atoms. The fourth-order valence-electron chi connectivity index (χ4n) is 9.54. The Kier molecular flexibility index (Phi) is 7.66. The Morgan fingerprint density at radius 3 is 1.81 bits per heavy atom. The maximum Gasteiger partial charge on any atom is 0.164 e. The lowest BCUT2D eigenvalue weighted by Gasteiger charge is -2.10. The molecule has 0 bridgehead atoms. The Labute approximate surface area is 373 Å². The third-order valence-corrected chi connectivity index (χ3v) is 14.8. The number of furan rings is 2. The normalized spacial score (nSPS) is 12.1. The van der Waals surface area contributed by atoms with Crippen molar-refractivity contribution in [2.75, 3.05) is 0 Å². The van der Waals surface area contributed by atoms with Crippen LogP contribution >= 0.6 is 22.7 Å². The highest BCUT2D eigenvalue weighted by atomic mass is 32.1. The standard InChI is InChI=1S/C57H31N3O2S2/c1-2-10-32(11-3-1)55-58-56(36-21-24-39-38-12-4-6-16-45(38)62-48(39)30-36)60-57(59-55)42-15-8-17-47-53(42)43-29-35(22-26-46(43)61-47)37-14-9-19-51-54(37)44-28-33(23-27-50(44)63-51)34-20-25-41-40-13-5-7-18-49(40)64-52(41)31-34/h1-31H. The van der Waals surface area contributed by atoms with E-state index in [9.17, 15) is 0 Å². The number of benzene rings is 9. The van der Waals surface area contributed by atoms with Crippen molar-refractivity contribution in [3.05, 3.63) is 188 Å². The van der Waals surface area contributed by atoms with Gasteiger partial charge in [-0.05, 0) is 89.0 Å². The molecule has 5 aromatic heterocycles. The molecule has 5 heterocycles. The van der Waals surface area contributed by atoms with Gasteiger partial charge in [0.25, 0.3) is 0 Å². The van der Waals surface area contributed by atoms with E-state index in [1.54, 1.807) is 0 Å². The number of hydrogen-bond acceptors (Lipinski definition) is 7. The zero-order valence-electron chi connectivity index (χ0n) is 33.9. The fourth-order valence-corrected chi connectivity index (χ4v) is 11.8. The van der Waals surface area contributed by atoms with Crippen LogP contribution in [0.15, 0.2) is 197 Å². The Balaban J connectivity index is 0.926. The Bertz CT molecular complexity index is 4220. The molecule has 64 heavy (non-hydrogen) atoms. The van der Waals surface area contributed by atoms with Crippen molar-refractivity contribution in [2.24, 2.45) is 0 Å². The molecule has 0 N–H and O–H groups in total. The summed E-state index contributed by atoms with van der Waals surface area (Å²) in [6, 6.07) is 66.3. The summed E-state index contributed by atoms with van der Waals surface area (Å²) in [7, 11) is 0. The van der Waals surface area contributed by atoms with Gasteiger partial charge in [0.05, 0.1) is 0 Å². The van der Waals surface area contributed by atoms with Crippen LogP contribution in [-0.4, -0.2) is 15.0 Å². The van der Waals surface area contributed by atoms with Crippen molar-refractivity contribution in [3.63, 3.8) is 0 Å². The largest absolute Gasteiger partial charge is 0.456 e. The quantitative estimate of drug-likeness (QED) is 0.173. The van der Waals surface area contributed by atoms with E-state index in [4.69, 9.17) is 23.8 Å². The van der Waals surface area contributed by atoms with Gasteiger partial charge in [-0.15, -0.1) is 22.7 Å². The van der Waals surface area contributed by atoms with Crippen LogP contribution < -0.4 is 0 Å². The first-order chi connectivity index (χ1) is 31.7. The van der Waals surface area contributed by atoms with Crippen molar-refractivity contribution in [1.29, 1.82) is 0 Å². The number of thiophene rings is 2. The van der Waals surface area contributed by atoms with Crippen LogP contribution in [0.2, 0.25) is 0 Å². The first-order valence-electron chi connectivity index (χ1n) is 21.2. The molecule has 7 heteroatoms. The van der Waals surface area contributed by atoms with Gasteiger partial charge in [0.15, 0.2) is 17.5 Å². The molecule has 0 radical (unpaired) electrons. The summed E-state index contributed by atoms with van der Waals surface area (Å²) in [5, 5.41) is 9.25. The van der Waals surface area contributed by atoms with Gasteiger partial charge < -0.3 is 8.83 Å². The molecule has 5 nitrogen and oxygen atoms in total. The van der Waals surface area contributed by atoms with Gasteiger partial charge >= 0.3 is 0 Å². The maximum absolute atomic E-state index is 6.59. The first-order valence-corrected chi connectivity index (χ1v) is 22.9. The molecule has 0 saturated heterocycles. The van der Waals surface area contributed by atoms with E-state index in [2.05, 4.69) is 121 Å². The summed E-state index contributed by atoms with van der Waals surface area (Å²) in [4.78, 5) is 15.4. The first kappa shape index (κ1) is 35.6. The molecule has 9 aromatic carbocycles. The smallest absolute Gasteiger partial charge is 0.164 e. The average molecular weight is 854 g/mol. The van der Waals surface area contributed by atoms with Crippen LogP contribution in [0.1, 0.15) is 0 Å². The number of para-hydroxylation sites is 1. The summed E-state index contributed by atoms with van der Waals surface area (Å²) in [6.07, 6.45) is 0. The molecule has 0 amide bonds. The molecular weight excluding hydrogens is 823 g/mol. The van der Waals surface area contributed by atoms with Gasteiger partial charge in [-0.1, -0.05) is 121 Å². The average Bonchev–Trinajstić information content (AvgIpc) is 4.13. The van der Waals surface area contributed by atoms with Gasteiger partial charge in [-0.3, -0.25) is 0 Å². The van der Waals surface area contributed by atoms with E-state index >= 15 is 0 Å².